The number of nitrogen functional groups attached to an aromatic ring is 1. The number of nitrogens with zero attached hydrogens (tertiary/aromatic N) is 3. The first kappa shape index (κ1) is 15.1. The van der Waals surface area contributed by atoms with E-state index in [0.717, 1.165) is 41.9 Å². The molecule has 0 saturated carbocycles. The summed E-state index contributed by atoms with van der Waals surface area (Å²) in [4.78, 5) is 16.3. The number of aliphatic imine (C=N–C) groups is 1. The first-order valence-electron chi connectivity index (χ1n) is 7.69. The van der Waals surface area contributed by atoms with Crippen molar-refractivity contribution in [1.29, 1.82) is 0 Å². The van der Waals surface area contributed by atoms with E-state index < -0.39 is 0 Å². The standard InChI is InChI=1S/C16H21N7/c17-15-13(6-3-7-20-16(18)19)23-14(9-22-15)11-8-21-12-5-2-1-4-10(11)12/h2,5,8-9,21H,1,3-4,6-7H2,(H2,17,22)(H4,18,19,20). The molecular formula is C16H21N7. The Morgan fingerprint density at radius 2 is 2.22 bits per heavy atom. The molecule has 1 aliphatic carbocycles. The van der Waals surface area contributed by atoms with E-state index >= 15 is 0 Å². The topological polar surface area (TPSA) is 132 Å². The fraction of sp³-hybridized carbons (Fsp3) is 0.312. The van der Waals surface area contributed by atoms with Crippen LogP contribution in [0.15, 0.2) is 23.5 Å². The van der Waals surface area contributed by atoms with Crippen LogP contribution in [0, 0.1) is 0 Å². The third kappa shape index (κ3) is 3.33. The molecule has 1 aliphatic rings. The summed E-state index contributed by atoms with van der Waals surface area (Å²) >= 11 is 0. The Hall–Kier alpha value is -2.83. The number of allylic oxidation sites excluding steroid dienone is 1. The minimum Gasteiger partial charge on any atom is -0.382 e. The number of fused-ring (bicyclic) bond motifs is 1. The smallest absolute Gasteiger partial charge is 0.185 e. The fourth-order valence-electron chi connectivity index (χ4n) is 2.75. The molecule has 0 radical (unpaired) electrons. The van der Waals surface area contributed by atoms with Gasteiger partial charge in [-0.15, -0.1) is 0 Å². The minimum absolute atomic E-state index is 0.102. The molecule has 0 amide bonds. The zero-order valence-corrected chi connectivity index (χ0v) is 12.9. The Morgan fingerprint density at radius 3 is 3.04 bits per heavy atom. The van der Waals surface area contributed by atoms with E-state index in [9.17, 15) is 0 Å². The van der Waals surface area contributed by atoms with E-state index in [1.807, 2.05) is 6.20 Å². The molecule has 0 aromatic carbocycles. The highest BCUT2D eigenvalue weighted by atomic mass is 15.0. The van der Waals surface area contributed by atoms with Gasteiger partial charge in [0, 0.05) is 24.0 Å². The number of guanidine groups is 1. The van der Waals surface area contributed by atoms with Gasteiger partial charge in [0.1, 0.15) is 5.82 Å². The second kappa shape index (κ2) is 6.51. The molecule has 0 saturated heterocycles. The molecule has 0 bridgehead atoms. The van der Waals surface area contributed by atoms with Crippen molar-refractivity contribution in [2.24, 2.45) is 16.5 Å². The van der Waals surface area contributed by atoms with E-state index in [-0.39, 0.29) is 5.96 Å². The SMILES string of the molecule is NC(N)=NCCCc1nc(-c2c[nH]c3c2CCC=C3)cnc1N. The molecule has 2 heterocycles. The number of rotatable bonds is 5. The van der Waals surface area contributed by atoms with Crippen LogP contribution in [0.25, 0.3) is 17.3 Å². The lowest BCUT2D eigenvalue weighted by Crippen LogP contribution is -2.23. The summed E-state index contributed by atoms with van der Waals surface area (Å²) in [5, 5.41) is 0. The van der Waals surface area contributed by atoms with Gasteiger partial charge in [-0.2, -0.15) is 0 Å². The molecule has 0 aliphatic heterocycles. The van der Waals surface area contributed by atoms with Crippen LogP contribution in [0.3, 0.4) is 0 Å². The number of hydrogen-bond donors (Lipinski definition) is 4. The second-order valence-electron chi connectivity index (χ2n) is 5.53. The first-order valence-corrected chi connectivity index (χ1v) is 7.69. The van der Waals surface area contributed by atoms with Gasteiger partial charge in [-0.3, -0.25) is 4.99 Å². The summed E-state index contributed by atoms with van der Waals surface area (Å²) in [6.45, 7) is 0.554. The number of aromatic amines is 1. The number of anilines is 1. The van der Waals surface area contributed by atoms with Gasteiger partial charge in [0.05, 0.1) is 17.6 Å². The molecule has 0 spiro atoms. The molecule has 3 rings (SSSR count). The van der Waals surface area contributed by atoms with Crippen molar-refractivity contribution in [2.45, 2.75) is 25.7 Å². The summed E-state index contributed by atoms with van der Waals surface area (Å²) in [5.41, 5.74) is 21.8. The summed E-state index contributed by atoms with van der Waals surface area (Å²) in [7, 11) is 0. The van der Waals surface area contributed by atoms with E-state index in [4.69, 9.17) is 22.2 Å². The summed E-state index contributed by atoms with van der Waals surface area (Å²) in [6.07, 6.45) is 11.5. The Balaban J connectivity index is 1.81. The molecule has 0 fully saturated rings. The van der Waals surface area contributed by atoms with Crippen LogP contribution in [0.4, 0.5) is 5.82 Å². The van der Waals surface area contributed by atoms with E-state index in [1.54, 1.807) is 6.20 Å². The number of hydrogen-bond acceptors (Lipinski definition) is 4. The van der Waals surface area contributed by atoms with Gasteiger partial charge in [0.2, 0.25) is 0 Å². The van der Waals surface area contributed by atoms with Gasteiger partial charge in [-0.1, -0.05) is 6.08 Å². The number of nitrogens with one attached hydrogen (secondary N) is 1. The lowest BCUT2D eigenvalue weighted by Gasteiger charge is -2.09. The van der Waals surface area contributed by atoms with Gasteiger partial charge >= 0.3 is 0 Å². The normalized spacial score (nSPS) is 12.9. The maximum absolute atomic E-state index is 5.94. The Kier molecular flexibility index (Phi) is 4.27. The molecule has 7 N–H and O–H groups in total. The van der Waals surface area contributed by atoms with E-state index in [2.05, 4.69) is 27.1 Å². The summed E-state index contributed by atoms with van der Waals surface area (Å²) in [5.74, 6) is 0.563. The number of nitrogens with two attached hydrogens (primary N) is 3. The third-order valence-electron chi connectivity index (χ3n) is 3.89. The number of H-pyrrole nitrogens is 1. The molecule has 23 heavy (non-hydrogen) atoms. The lowest BCUT2D eigenvalue weighted by atomic mass is 9.99. The number of aryl methyl sites for hydroxylation is 1. The van der Waals surface area contributed by atoms with Crippen LogP contribution in [-0.4, -0.2) is 27.5 Å². The van der Waals surface area contributed by atoms with Gasteiger partial charge in [-0.25, -0.2) is 9.97 Å². The van der Waals surface area contributed by atoms with E-state index in [1.165, 1.54) is 5.56 Å². The van der Waals surface area contributed by atoms with Crippen LogP contribution in [-0.2, 0) is 12.8 Å². The molecule has 0 unspecified atom stereocenters. The van der Waals surface area contributed by atoms with Crippen molar-refractivity contribution >= 4 is 17.9 Å². The molecule has 2 aromatic heterocycles. The van der Waals surface area contributed by atoms with Crippen molar-refractivity contribution in [3.05, 3.63) is 35.4 Å². The van der Waals surface area contributed by atoms with Gasteiger partial charge < -0.3 is 22.2 Å². The zero-order chi connectivity index (χ0) is 16.2. The van der Waals surface area contributed by atoms with Crippen LogP contribution in [0.2, 0.25) is 0 Å². The molecular weight excluding hydrogens is 290 g/mol. The van der Waals surface area contributed by atoms with Crippen molar-refractivity contribution < 1.29 is 0 Å². The second-order valence-corrected chi connectivity index (χ2v) is 5.53. The predicted octanol–water partition coefficient (Wildman–Crippen LogP) is 1.22. The van der Waals surface area contributed by atoms with Gasteiger partial charge in [-0.05, 0) is 37.3 Å². The molecule has 7 nitrogen and oxygen atoms in total. The number of aromatic nitrogens is 3. The van der Waals surface area contributed by atoms with Crippen molar-refractivity contribution in [1.82, 2.24) is 15.0 Å². The van der Waals surface area contributed by atoms with Gasteiger partial charge in [0.15, 0.2) is 5.96 Å². The highest BCUT2D eigenvalue weighted by Gasteiger charge is 2.15. The highest BCUT2D eigenvalue weighted by Crippen LogP contribution is 2.29. The van der Waals surface area contributed by atoms with Gasteiger partial charge in [0.25, 0.3) is 0 Å². The first-order chi connectivity index (χ1) is 11.1. The molecule has 120 valence electrons. The average Bonchev–Trinajstić information content (AvgIpc) is 2.97. The third-order valence-corrected chi connectivity index (χ3v) is 3.89. The largest absolute Gasteiger partial charge is 0.382 e. The molecule has 2 aromatic rings. The van der Waals surface area contributed by atoms with E-state index in [0.29, 0.717) is 18.8 Å². The molecule has 0 atom stereocenters. The quantitative estimate of drug-likeness (QED) is 0.374. The average molecular weight is 311 g/mol. The predicted molar refractivity (Wildman–Crippen MR) is 92.6 cm³/mol. The highest BCUT2D eigenvalue weighted by molar-refractivity contribution is 5.75. The Morgan fingerprint density at radius 1 is 1.35 bits per heavy atom. The maximum Gasteiger partial charge on any atom is 0.185 e. The Bertz CT molecular complexity index is 754. The summed E-state index contributed by atoms with van der Waals surface area (Å²) in [6, 6.07) is 0. The Labute approximate surface area is 134 Å². The van der Waals surface area contributed by atoms with Crippen LogP contribution < -0.4 is 17.2 Å². The molecule has 7 heteroatoms. The van der Waals surface area contributed by atoms with Crippen molar-refractivity contribution in [3.63, 3.8) is 0 Å². The maximum atomic E-state index is 5.94. The monoisotopic (exact) mass is 311 g/mol. The summed E-state index contributed by atoms with van der Waals surface area (Å²) < 4.78 is 0. The van der Waals surface area contributed by atoms with Crippen molar-refractivity contribution in [3.8, 4) is 11.3 Å². The zero-order valence-electron chi connectivity index (χ0n) is 12.9. The minimum atomic E-state index is 0.102. The van der Waals surface area contributed by atoms with Crippen molar-refractivity contribution in [2.75, 3.05) is 12.3 Å². The fourth-order valence-corrected chi connectivity index (χ4v) is 2.75. The van der Waals surface area contributed by atoms with Crippen LogP contribution in [0.1, 0.15) is 29.8 Å². The van der Waals surface area contributed by atoms with Crippen LogP contribution in [0.5, 0.6) is 0 Å². The lowest BCUT2D eigenvalue weighted by molar-refractivity contribution is 0.807. The van der Waals surface area contributed by atoms with Crippen LogP contribution >= 0.6 is 0 Å².